The molecule has 0 saturated heterocycles. The number of hydrogen-bond donors (Lipinski definition) is 1. The molecule has 0 heterocycles. The quantitative estimate of drug-likeness (QED) is 0.523. The summed E-state index contributed by atoms with van der Waals surface area (Å²) in [4.78, 5) is 12.2. The molecule has 2 nitrogen and oxygen atoms in total. The third-order valence-electron chi connectivity index (χ3n) is 9.97. The van der Waals surface area contributed by atoms with E-state index in [1.54, 1.807) is 5.92 Å². The fourth-order valence-electron chi connectivity index (χ4n) is 8.02. The second-order valence-corrected chi connectivity index (χ2v) is 11.6. The molecular formula is C30H32F2O2. The van der Waals surface area contributed by atoms with Crippen LogP contribution in [-0.4, -0.2) is 22.4 Å². The molecule has 5 atom stereocenters. The van der Waals surface area contributed by atoms with Crippen LogP contribution in [0.15, 0.2) is 47.1 Å². The Kier molecular flexibility index (Phi) is 4.82. The van der Waals surface area contributed by atoms with Crippen molar-refractivity contribution in [1.82, 2.24) is 0 Å². The molecule has 6 rings (SSSR count). The van der Waals surface area contributed by atoms with E-state index in [1.807, 2.05) is 13.0 Å². The molecule has 0 aliphatic heterocycles. The van der Waals surface area contributed by atoms with Crippen LogP contribution in [0.2, 0.25) is 0 Å². The maximum atomic E-state index is 15.1. The molecular weight excluding hydrogens is 430 g/mol. The van der Waals surface area contributed by atoms with Gasteiger partial charge in [0.25, 0.3) is 0 Å². The molecule has 4 heteroatoms. The van der Waals surface area contributed by atoms with Crippen LogP contribution in [0.1, 0.15) is 87.7 Å². The highest BCUT2D eigenvalue weighted by molar-refractivity contribution is 5.93. The molecule has 3 unspecified atom stereocenters. The van der Waals surface area contributed by atoms with Gasteiger partial charge < -0.3 is 5.11 Å². The SMILES string of the molecule is C#CC(F)(F)[C@]1(O)CCC2C3CCC4=CC(=O)CCC4=C3C(c3ccc(C4CC4)cc3)C[C@@]21C. The minimum Gasteiger partial charge on any atom is -0.382 e. The highest BCUT2D eigenvalue weighted by Gasteiger charge is 2.71. The number of aliphatic hydroxyl groups is 1. The van der Waals surface area contributed by atoms with E-state index in [0.717, 1.165) is 30.4 Å². The number of fused-ring (bicyclic) bond motifs is 4. The summed E-state index contributed by atoms with van der Waals surface area (Å²) in [6.45, 7) is 1.86. The molecule has 1 aromatic carbocycles. The first-order valence-corrected chi connectivity index (χ1v) is 12.8. The second kappa shape index (κ2) is 7.37. The summed E-state index contributed by atoms with van der Waals surface area (Å²) in [6.07, 6.45) is 13.5. The minimum absolute atomic E-state index is 0.0268. The van der Waals surface area contributed by atoms with Gasteiger partial charge in [0.1, 0.15) is 5.60 Å². The van der Waals surface area contributed by atoms with Gasteiger partial charge in [-0.15, -0.1) is 6.42 Å². The lowest BCUT2D eigenvalue weighted by Gasteiger charge is -2.55. The Labute approximate surface area is 200 Å². The normalized spacial score (nSPS) is 37.4. The number of carbonyl (C=O) groups excluding carboxylic acids is 1. The fourth-order valence-corrected chi connectivity index (χ4v) is 8.02. The summed E-state index contributed by atoms with van der Waals surface area (Å²) in [5.74, 6) is -1.05. The van der Waals surface area contributed by atoms with E-state index in [-0.39, 0.29) is 30.0 Å². The van der Waals surface area contributed by atoms with Gasteiger partial charge in [0.2, 0.25) is 0 Å². The van der Waals surface area contributed by atoms with Crippen LogP contribution in [0, 0.1) is 29.6 Å². The summed E-state index contributed by atoms with van der Waals surface area (Å²) in [5, 5.41) is 11.6. The smallest absolute Gasteiger partial charge is 0.336 e. The zero-order valence-electron chi connectivity index (χ0n) is 19.7. The predicted molar refractivity (Wildman–Crippen MR) is 127 cm³/mol. The van der Waals surface area contributed by atoms with Gasteiger partial charge >= 0.3 is 5.92 Å². The van der Waals surface area contributed by atoms with Gasteiger partial charge in [0.05, 0.1) is 0 Å². The van der Waals surface area contributed by atoms with Crippen LogP contribution in [0.25, 0.3) is 0 Å². The molecule has 3 saturated carbocycles. The average molecular weight is 463 g/mol. The number of rotatable bonds is 3. The lowest BCUT2D eigenvalue weighted by molar-refractivity contribution is -0.209. The van der Waals surface area contributed by atoms with E-state index in [0.29, 0.717) is 25.2 Å². The van der Waals surface area contributed by atoms with Crippen LogP contribution >= 0.6 is 0 Å². The summed E-state index contributed by atoms with van der Waals surface area (Å²) < 4.78 is 30.3. The highest BCUT2D eigenvalue weighted by atomic mass is 19.3. The summed E-state index contributed by atoms with van der Waals surface area (Å²) >= 11 is 0. The van der Waals surface area contributed by atoms with Gasteiger partial charge in [-0.25, -0.2) is 0 Å². The van der Waals surface area contributed by atoms with Crippen LogP contribution in [0.5, 0.6) is 0 Å². The monoisotopic (exact) mass is 462 g/mol. The summed E-state index contributed by atoms with van der Waals surface area (Å²) in [7, 11) is 0. The van der Waals surface area contributed by atoms with Gasteiger partial charge in [-0.2, -0.15) is 8.78 Å². The van der Waals surface area contributed by atoms with Crippen molar-refractivity contribution in [2.45, 2.75) is 88.1 Å². The van der Waals surface area contributed by atoms with Crippen LogP contribution < -0.4 is 0 Å². The number of carbonyl (C=O) groups is 1. The average Bonchev–Trinajstić information content (AvgIpc) is 3.64. The zero-order valence-corrected chi connectivity index (χ0v) is 19.7. The van der Waals surface area contributed by atoms with Crippen LogP contribution in [0.4, 0.5) is 8.78 Å². The molecule has 1 aromatic rings. The molecule has 0 radical (unpaired) electrons. The van der Waals surface area contributed by atoms with E-state index in [9.17, 15) is 9.90 Å². The molecule has 0 amide bonds. The number of halogens is 2. The molecule has 0 spiro atoms. The van der Waals surface area contributed by atoms with Crippen molar-refractivity contribution in [2.75, 3.05) is 0 Å². The van der Waals surface area contributed by atoms with Gasteiger partial charge in [-0.05, 0) is 103 Å². The van der Waals surface area contributed by atoms with Crippen molar-refractivity contribution in [3.05, 3.63) is 58.2 Å². The van der Waals surface area contributed by atoms with E-state index >= 15 is 8.78 Å². The van der Waals surface area contributed by atoms with E-state index in [2.05, 4.69) is 24.3 Å². The first-order valence-electron chi connectivity index (χ1n) is 12.8. The maximum Gasteiger partial charge on any atom is 0.336 e. The second-order valence-electron chi connectivity index (χ2n) is 11.6. The van der Waals surface area contributed by atoms with Crippen LogP contribution in [-0.2, 0) is 4.79 Å². The molecule has 3 fully saturated rings. The van der Waals surface area contributed by atoms with Gasteiger partial charge in [0, 0.05) is 17.8 Å². The Bertz CT molecular complexity index is 1150. The highest BCUT2D eigenvalue weighted by Crippen LogP contribution is 2.69. The molecule has 178 valence electrons. The van der Waals surface area contributed by atoms with Crippen molar-refractivity contribution in [1.29, 1.82) is 0 Å². The number of allylic oxidation sites excluding steroid dienone is 4. The Morgan fingerprint density at radius 1 is 1.06 bits per heavy atom. The Morgan fingerprint density at radius 3 is 2.44 bits per heavy atom. The molecule has 34 heavy (non-hydrogen) atoms. The Hall–Kier alpha value is -2.25. The fraction of sp³-hybridized carbons (Fsp3) is 0.567. The largest absolute Gasteiger partial charge is 0.382 e. The van der Waals surface area contributed by atoms with Crippen molar-refractivity contribution < 1.29 is 18.7 Å². The number of ketones is 1. The van der Waals surface area contributed by atoms with Crippen LogP contribution in [0.3, 0.4) is 0 Å². The van der Waals surface area contributed by atoms with Gasteiger partial charge in [-0.3, -0.25) is 4.79 Å². The van der Waals surface area contributed by atoms with Crippen molar-refractivity contribution in [3.63, 3.8) is 0 Å². The lowest BCUT2D eigenvalue weighted by atomic mass is 9.50. The van der Waals surface area contributed by atoms with Crippen molar-refractivity contribution in [3.8, 4) is 12.3 Å². The lowest BCUT2D eigenvalue weighted by Crippen LogP contribution is -2.60. The zero-order chi connectivity index (χ0) is 23.9. The topological polar surface area (TPSA) is 37.3 Å². The standard InChI is InChI=1S/C30H32F2O2/c1-3-30(31,32)29(34)15-14-26-24-12-10-21-16-22(33)11-13-23(21)27(24)25(17-28(26,29)2)20-8-6-19(7-9-20)18-4-5-18/h1,6-9,16,18,24-26,34H,4-5,10-15,17H2,2H3/t24?,25?,26?,28-,29-/m0/s1. The van der Waals surface area contributed by atoms with Crippen molar-refractivity contribution in [2.24, 2.45) is 17.3 Å². The Balaban J connectivity index is 1.50. The Morgan fingerprint density at radius 2 is 1.76 bits per heavy atom. The molecule has 5 aliphatic rings. The summed E-state index contributed by atoms with van der Waals surface area (Å²) in [5.41, 5.74) is 3.07. The third kappa shape index (κ3) is 2.99. The predicted octanol–water partition coefficient (Wildman–Crippen LogP) is 6.46. The molecule has 1 N–H and O–H groups in total. The van der Waals surface area contributed by atoms with E-state index < -0.39 is 16.9 Å². The molecule has 0 aromatic heterocycles. The first-order chi connectivity index (χ1) is 16.2. The van der Waals surface area contributed by atoms with Gasteiger partial charge in [-0.1, -0.05) is 36.8 Å². The van der Waals surface area contributed by atoms with Crippen molar-refractivity contribution >= 4 is 5.78 Å². The number of benzene rings is 1. The van der Waals surface area contributed by atoms with E-state index in [1.165, 1.54) is 29.6 Å². The summed E-state index contributed by atoms with van der Waals surface area (Å²) in [6, 6.07) is 8.74. The molecule has 5 aliphatic carbocycles. The molecule has 0 bridgehead atoms. The number of terminal acetylenes is 1. The maximum absolute atomic E-state index is 15.1. The first kappa shape index (κ1) is 22.2. The third-order valence-corrected chi connectivity index (χ3v) is 9.97. The number of alkyl halides is 2. The minimum atomic E-state index is -3.57. The van der Waals surface area contributed by atoms with E-state index in [4.69, 9.17) is 6.42 Å². The number of hydrogen-bond acceptors (Lipinski definition) is 2. The van der Waals surface area contributed by atoms with Gasteiger partial charge in [0.15, 0.2) is 5.78 Å².